The van der Waals surface area contributed by atoms with Crippen molar-refractivity contribution in [2.45, 2.75) is 25.2 Å². The molecule has 2 aliphatic rings. The molecule has 158 valence electrons. The first-order valence-electron chi connectivity index (χ1n) is 10.6. The zero-order valence-electron chi connectivity index (χ0n) is 18.1. The average Bonchev–Trinajstić information content (AvgIpc) is 3.46. The lowest BCUT2D eigenvalue weighted by Crippen LogP contribution is -2.27. The zero-order valence-corrected chi connectivity index (χ0v) is 18.1. The van der Waals surface area contributed by atoms with Crippen LogP contribution in [0.2, 0.25) is 0 Å². The third-order valence-corrected chi connectivity index (χ3v) is 6.28. The molecule has 0 unspecified atom stereocenters. The Balaban J connectivity index is 1.41. The molecular formula is C26H26N2O3. The highest BCUT2D eigenvalue weighted by Crippen LogP contribution is 2.51. The van der Waals surface area contributed by atoms with E-state index in [-0.39, 0.29) is 12.7 Å². The highest BCUT2D eigenvalue weighted by Gasteiger charge is 2.51. The predicted molar refractivity (Wildman–Crippen MR) is 123 cm³/mol. The van der Waals surface area contributed by atoms with Gasteiger partial charge in [-0.2, -0.15) is 0 Å². The molecule has 1 amide bonds. The number of carbonyl (C=O) groups is 1. The van der Waals surface area contributed by atoms with Crippen LogP contribution in [0.1, 0.15) is 24.0 Å². The van der Waals surface area contributed by atoms with Gasteiger partial charge in [0.25, 0.3) is 0 Å². The first-order chi connectivity index (χ1) is 15.0. The number of fused-ring (bicyclic) bond motifs is 1. The zero-order chi connectivity index (χ0) is 21.6. The summed E-state index contributed by atoms with van der Waals surface area (Å²) in [4.78, 5) is 15.4. The number of ether oxygens (including phenoxy) is 2. The van der Waals surface area contributed by atoms with Gasteiger partial charge in [0.05, 0.1) is 5.41 Å². The highest BCUT2D eigenvalue weighted by atomic mass is 16.7. The summed E-state index contributed by atoms with van der Waals surface area (Å²) in [5.41, 5.74) is 5.88. The molecule has 31 heavy (non-hydrogen) atoms. The Bertz CT molecular complexity index is 1170. The number of nitrogens with one attached hydrogen (secondary N) is 1. The summed E-state index contributed by atoms with van der Waals surface area (Å²) in [6.07, 6.45) is 1.67. The summed E-state index contributed by atoms with van der Waals surface area (Å²) in [6.45, 7) is 2.33. The molecule has 0 saturated heterocycles. The van der Waals surface area contributed by atoms with Crippen LogP contribution in [0.4, 0.5) is 11.4 Å². The number of rotatable bonds is 5. The average molecular weight is 415 g/mol. The molecule has 5 rings (SSSR count). The maximum atomic E-state index is 13.3. The summed E-state index contributed by atoms with van der Waals surface area (Å²) in [7, 11) is 4.07. The van der Waals surface area contributed by atoms with Gasteiger partial charge in [-0.15, -0.1) is 0 Å². The first kappa shape index (κ1) is 19.5. The van der Waals surface area contributed by atoms with Gasteiger partial charge in [0.2, 0.25) is 12.7 Å². The van der Waals surface area contributed by atoms with E-state index in [0.29, 0.717) is 0 Å². The van der Waals surface area contributed by atoms with E-state index in [1.807, 2.05) is 38.4 Å². The Hall–Kier alpha value is -3.47. The van der Waals surface area contributed by atoms with Crippen molar-refractivity contribution in [2.24, 2.45) is 0 Å². The van der Waals surface area contributed by atoms with Crippen LogP contribution in [0.15, 0.2) is 60.7 Å². The normalized spacial score (nSPS) is 15.5. The smallest absolute Gasteiger partial charge is 0.235 e. The first-order valence-corrected chi connectivity index (χ1v) is 10.6. The fourth-order valence-electron chi connectivity index (χ4n) is 4.18. The number of benzene rings is 3. The van der Waals surface area contributed by atoms with E-state index in [9.17, 15) is 4.79 Å². The largest absolute Gasteiger partial charge is 0.454 e. The van der Waals surface area contributed by atoms with E-state index in [4.69, 9.17) is 9.47 Å². The molecule has 5 heteroatoms. The lowest BCUT2D eigenvalue weighted by atomic mass is 9.94. The van der Waals surface area contributed by atoms with Crippen LogP contribution in [-0.4, -0.2) is 26.8 Å². The van der Waals surface area contributed by atoms with E-state index >= 15 is 0 Å². The van der Waals surface area contributed by atoms with Crippen LogP contribution in [0, 0.1) is 6.92 Å². The molecule has 1 fully saturated rings. The summed E-state index contributed by atoms with van der Waals surface area (Å²) in [5.74, 6) is 1.49. The van der Waals surface area contributed by atoms with Gasteiger partial charge in [0, 0.05) is 25.5 Å². The topological polar surface area (TPSA) is 50.8 Å². The second-order valence-electron chi connectivity index (χ2n) is 8.58. The molecule has 0 aromatic heterocycles. The van der Waals surface area contributed by atoms with Crippen LogP contribution in [0.25, 0.3) is 11.1 Å². The van der Waals surface area contributed by atoms with Gasteiger partial charge in [-0.3, -0.25) is 4.79 Å². The van der Waals surface area contributed by atoms with Gasteiger partial charge in [-0.05, 0) is 78.4 Å². The van der Waals surface area contributed by atoms with Gasteiger partial charge in [-0.25, -0.2) is 0 Å². The second-order valence-corrected chi connectivity index (χ2v) is 8.58. The molecule has 1 saturated carbocycles. The maximum absolute atomic E-state index is 13.3. The van der Waals surface area contributed by atoms with Crippen molar-refractivity contribution in [3.63, 3.8) is 0 Å². The monoisotopic (exact) mass is 414 g/mol. The fraction of sp³-hybridized carbons (Fsp3) is 0.269. The molecular weight excluding hydrogens is 388 g/mol. The molecule has 0 radical (unpaired) electrons. The number of anilines is 2. The number of amides is 1. The number of aryl methyl sites for hydroxylation is 1. The van der Waals surface area contributed by atoms with Crippen molar-refractivity contribution in [2.75, 3.05) is 31.1 Å². The highest BCUT2D eigenvalue weighted by molar-refractivity contribution is 6.02. The summed E-state index contributed by atoms with van der Waals surface area (Å²) in [6, 6.07) is 20.4. The molecule has 1 aliphatic heterocycles. The fourth-order valence-corrected chi connectivity index (χ4v) is 4.18. The minimum atomic E-state index is -0.489. The van der Waals surface area contributed by atoms with Gasteiger partial charge >= 0.3 is 0 Å². The molecule has 0 bridgehead atoms. The van der Waals surface area contributed by atoms with E-state index in [0.717, 1.165) is 52.4 Å². The van der Waals surface area contributed by atoms with E-state index in [1.165, 1.54) is 5.56 Å². The maximum Gasteiger partial charge on any atom is 0.235 e. The SMILES string of the molecule is Cc1ccc(NC(=O)C2(c3ccc4c(c3)OCO4)CC2)cc1-c1cccc(N(C)C)c1. The molecule has 1 N–H and O–H groups in total. The van der Waals surface area contributed by atoms with Gasteiger partial charge in [0.1, 0.15) is 0 Å². The number of carbonyl (C=O) groups excluding carboxylic acids is 1. The standard InChI is InChI=1S/C26H26N2O3/c1-17-7-9-20(15-22(17)18-5-4-6-21(13-18)28(2)3)27-25(29)26(11-12-26)19-8-10-23-24(14-19)31-16-30-23/h4-10,13-15H,11-12,16H2,1-3H3,(H,27,29). The summed E-state index contributed by atoms with van der Waals surface area (Å²) >= 11 is 0. The second kappa shape index (κ2) is 7.34. The van der Waals surface area contributed by atoms with Crippen LogP contribution < -0.4 is 19.7 Å². The number of hydrogen-bond donors (Lipinski definition) is 1. The van der Waals surface area contributed by atoms with Crippen molar-refractivity contribution < 1.29 is 14.3 Å². The van der Waals surface area contributed by atoms with E-state index in [1.54, 1.807) is 0 Å². The molecule has 3 aromatic carbocycles. The van der Waals surface area contributed by atoms with Gasteiger partial charge < -0.3 is 19.7 Å². The van der Waals surface area contributed by atoms with Crippen LogP contribution in [-0.2, 0) is 10.2 Å². The Morgan fingerprint density at radius 1 is 0.968 bits per heavy atom. The molecule has 0 atom stereocenters. The Labute approximate surface area is 182 Å². The molecule has 1 heterocycles. The van der Waals surface area contributed by atoms with Crippen molar-refractivity contribution in [3.05, 3.63) is 71.8 Å². The summed E-state index contributed by atoms with van der Waals surface area (Å²) in [5, 5.41) is 3.16. The predicted octanol–water partition coefficient (Wildman–Crippen LogP) is 5.13. The Morgan fingerprint density at radius 3 is 2.55 bits per heavy atom. The Kier molecular flexibility index (Phi) is 4.62. The molecule has 3 aromatic rings. The number of hydrogen-bond acceptors (Lipinski definition) is 4. The van der Waals surface area contributed by atoms with Crippen LogP contribution >= 0.6 is 0 Å². The van der Waals surface area contributed by atoms with Crippen molar-refractivity contribution in [3.8, 4) is 22.6 Å². The minimum absolute atomic E-state index is 0.0308. The molecule has 1 aliphatic carbocycles. The quantitative estimate of drug-likeness (QED) is 0.629. The minimum Gasteiger partial charge on any atom is -0.454 e. The van der Waals surface area contributed by atoms with E-state index < -0.39 is 5.41 Å². The lowest BCUT2D eigenvalue weighted by Gasteiger charge is -2.18. The van der Waals surface area contributed by atoms with Crippen molar-refractivity contribution in [1.29, 1.82) is 0 Å². The number of nitrogens with zero attached hydrogens (tertiary/aromatic N) is 1. The molecule has 0 spiro atoms. The third-order valence-electron chi connectivity index (χ3n) is 6.28. The van der Waals surface area contributed by atoms with Crippen LogP contribution in [0.3, 0.4) is 0 Å². The van der Waals surface area contributed by atoms with Crippen LogP contribution in [0.5, 0.6) is 11.5 Å². The van der Waals surface area contributed by atoms with Gasteiger partial charge in [-0.1, -0.05) is 24.3 Å². The molecule has 5 nitrogen and oxygen atoms in total. The third kappa shape index (κ3) is 3.50. The van der Waals surface area contributed by atoms with Gasteiger partial charge in [0.15, 0.2) is 11.5 Å². The van der Waals surface area contributed by atoms with Crippen molar-refractivity contribution in [1.82, 2.24) is 0 Å². The Morgan fingerprint density at radius 2 is 1.77 bits per heavy atom. The summed E-state index contributed by atoms with van der Waals surface area (Å²) < 4.78 is 10.9. The van der Waals surface area contributed by atoms with E-state index in [2.05, 4.69) is 53.5 Å². The van der Waals surface area contributed by atoms with Crippen molar-refractivity contribution >= 4 is 17.3 Å². The lowest BCUT2D eigenvalue weighted by molar-refractivity contribution is -0.118.